The number of hydrogen-bond donors (Lipinski definition) is 0. The fourth-order valence-electron chi connectivity index (χ4n) is 3.91. The van der Waals surface area contributed by atoms with Crippen molar-refractivity contribution in [1.82, 2.24) is 9.80 Å². The first kappa shape index (κ1) is 14.0. The van der Waals surface area contributed by atoms with Crippen molar-refractivity contribution >= 4 is 0 Å². The van der Waals surface area contributed by atoms with Gasteiger partial charge >= 0.3 is 0 Å². The van der Waals surface area contributed by atoms with Gasteiger partial charge in [0.1, 0.15) is 0 Å². The molecule has 0 saturated carbocycles. The van der Waals surface area contributed by atoms with Crippen molar-refractivity contribution < 1.29 is 0 Å². The SMILES string of the molecule is CN(C)C1CN(C2c3ccccc3CCc3ccccc32)C1. The van der Waals surface area contributed by atoms with Crippen LogP contribution >= 0.6 is 0 Å². The summed E-state index contributed by atoms with van der Waals surface area (Å²) < 4.78 is 0. The Labute approximate surface area is 133 Å². The summed E-state index contributed by atoms with van der Waals surface area (Å²) in [5.41, 5.74) is 6.09. The van der Waals surface area contributed by atoms with Crippen LogP contribution in [0.15, 0.2) is 48.5 Å². The first-order valence-corrected chi connectivity index (χ1v) is 8.30. The Kier molecular flexibility index (Phi) is 3.51. The molecule has 1 aliphatic carbocycles. The van der Waals surface area contributed by atoms with Gasteiger partial charge in [0, 0.05) is 19.1 Å². The van der Waals surface area contributed by atoms with Crippen molar-refractivity contribution in [2.24, 2.45) is 0 Å². The number of nitrogens with zero attached hydrogens (tertiary/aromatic N) is 2. The van der Waals surface area contributed by atoms with Crippen LogP contribution in [-0.4, -0.2) is 43.0 Å². The van der Waals surface area contributed by atoms with Crippen LogP contribution in [-0.2, 0) is 12.8 Å². The van der Waals surface area contributed by atoms with Crippen LogP contribution in [0.1, 0.15) is 28.3 Å². The molecule has 1 aliphatic heterocycles. The Balaban J connectivity index is 1.75. The van der Waals surface area contributed by atoms with Gasteiger partial charge in [0.05, 0.1) is 6.04 Å². The lowest BCUT2D eigenvalue weighted by Crippen LogP contribution is -2.58. The molecule has 22 heavy (non-hydrogen) atoms. The highest BCUT2D eigenvalue weighted by Gasteiger charge is 2.37. The molecule has 2 aromatic rings. The van der Waals surface area contributed by atoms with E-state index in [0.717, 1.165) is 12.8 Å². The number of likely N-dealkylation sites (N-methyl/N-ethyl adjacent to an activating group) is 1. The zero-order valence-corrected chi connectivity index (χ0v) is 13.5. The zero-order chi connectivity index (χ0) is 15.1. The maximum atomic E-state index is 2.65. The minimum Gasteiger partial charge on any atom is -0.304 e. The second-order valence-corrected chi connectivity index (χ2v) is 6.87. The van der Waals surface area contributed by atoms with Crippen LogP contribution in [0.3, 0.4) is 0 Å². The van der Waals surface area contributed by atoms with Gasteiger partial charge in [-0.05, 0) is 49.2 Å². The summed E-state index contributed by atoms with van der Waals surface area (Å²) in [5.74, 6) is 0. The predicted molar refractivity (Wildman–Crippen MR) is 91.2 cm³/mol. The predicted octanol–water partition coefficient (Wildman–Crippen LogP) is 3.12. The highest BCUT2D eigenvalue weighted by Crippen LogP contribution is 2.39. The minimum atomic E-state index is 0.436. The number of aryl methyl sites for hydroxylation is 2. The molecule has 0 unspecified atom stereocenters. The molecule has 2 heteroatoms. The average molecular weight is 292 g/mol. The molecule has 0 atom stereocenters. The molecular formula is C20H24N2. The van der Waals surface area contributed by atoms with Crippen molar-refractivity contribution in [3.05, 3.63) is 70.8 Å². The third-order valence-electron chi connectivity index (χ3n) is 5.35. The molecule has 1 saturated heterocycles. The van der Waals surface area contributed by atoms with Crippen molar-refractivity contribution in [3.63, 3.8) is 0 Å². The van der Waals surface area contributed by atoms with E-state index in [-0.39, 0.29) is 0 Å². The zero-order valence-electron chi connectivity index (χ0n) is 13.5. The summed E-state index contributed by atoms with van der Waals surface area (Å²) >= 11 is 0. The number of hydrogen-bond acceptors (Lipinski definition) is 2. The van der Waals surface area contributed by atoms with Crippen LogP contribution in [0.25, 0.3) is 0 Å². The van der Waals surface area contributed by atoms with Gasteiger partial charge in [-0.15, -0.1) is 0 Å². The van der Waals surface area contributed by atoms with E-state index in [1.807, 2.05) is 0 Å². The highest BCUT2D eigenvalue weighted by atomic mass is 15.3. The largest absolute Gasteiger partial charge is 0.304 e. The van der Waals surface area contributed by atoms with E-state index < -0.39 is 0 Å². The molecule has 0 spiro atoms. The number of rotatable bonds is 2. The standard InChI is InChI=1S/C20H24N2/c1-21(2)17-13-22(14-17)20-18-9-5-3-7-15(18)11-12-16-8-4-6-10-19(16)20/h3-10,17,20H,11-14H2,1-2H3. The molecule has 0 bridgehead atoms. The Bertz CT molecular complexity index is 623. The van der Waals surface area contributed by atoms with Crippen molar-refractivity contribution in [2.45, 2.75) is 24.9 Å². The van der Waals surface area contributed by atoms with E-state index in [1.165, 1.54) is 35.3 Å². The first-order chi connectivity index (χ1) is 10.7. The fourth-order valence-corrected chi connectivity index (χ4v) is 3.91. The minimum absolute atomic E-state index is 0.436. The summed E-state index contributed by atoms with van der Waals surface area (Å²) in [6.07, 6.45) is 2.32. The summed E-state index contributed by atoms with van der Waals surface area (Å²) in [6.45, 7) is 2.33. The van der Waals surface area contributed by atoms with E-state index in [0.29, 0.717) is 12.1 Å². The third kappa shape index (κ3) is 2.27. The van der Waals surface area contributed by atoms with Gasteiger partial charge in [-0.25, -0.2) is 0 Å². The molecule has 114 valence electrons. The molecule has 0 N–H and O–H groups in total. The van der Waals surface area contributed by atoms with Gasteiger partial charge in [-0.1, -0.05) is 48.5 Å². The molecule has 2 aliphatic rings. The summed E-state index contributed by atoms with van der Waals surface area (Å²) in [7, 11) is 4.38. The molecule has 2 aromatic carbocycles. The second-order valence-electron chi connectivity index (χ2n) is 6.87. The van der Waals surface area contributed by atoms with E-state index in [2.05, 4.69) is 72.4 Å². The van der Waals surface area contributed by atoms with E-state index in [4.69, 9.17) is 0 Å². The number of benzene rings is 2. The Morgan fingerprint density at radius 1 is 0.818 bits per heavy atom. The van der Waals surface area contributed by atoms with Crippen molar-refractivity contribution in [1.29, 1.82) is 0 Å². The van der Waals surface area contributed by atoms with Crippen LogP contribution in [0.2, 0.25) is 0 Å². The lowest BCUT2D eigenvalue weighted by molar-refractivity contribution is 0.0392. The molecule has 1 heterocycles. The third-order valence-corrected chi connectivity index (χ3v) is 5.35. The smallest absolute Gasteiger partial charge is 0.0608 e. The molecule has 4 rings (SSSR count). The molecule has 0 aromatic heterocycles. The van der Waals surface area contributed by atoms with Gasteiger partial charge in [-0.3, -0.25) is 4.90 Å². The summed E-state index contributed by atoms with van der Waals surface area (Å²) in [6, 6.07) is 19.2. The highest BCUT2D eigenvalue weighted by molar-refractivity contribution is 5.44. The number of fused-ring (bicyclic) bond motifs is 2. The van der Waals surface area contributed by atoms with Crippen LogP contribution in [0.5, 0.6) is 0 Å². The lowest BCUT2D eigenvalue weighted by atomic mass is 9.90. The molecular weight excluding hydrogens is 268 g/mol. The fraction of sp³-hybridized carbons (Fsp3) is 0.400. The van der Waals surface area contributed by atoms with Gasteiger partial charge in [0.15, 0.2) is 0 Å². The molecule has 0 amide bonds. The number of likely N-dealkylation sites (tertiary alicyclic amines) is 1. The molecule has 2 nitrogen and oxygen atoms in total. The monoisotopic (exact) mass is 292 g/mol. The summed E-state index contributed by atoms with van der Waals surface area (Å²) in [4.78, 5) is 5.00. The normalized spacial score (nSPS) is 19.4. The molecule has 1 fully saturated rings. The van der Waals surface area contributed by atoms with Gasteiger partial charge < -0.3 is 4.90 Å². The van der Waals surface area contributed by atoms with Gasteiger partial charge in [0.2, 0.25) is 0 Å². The maximum Gasteiger partial charge on any atom is 0.0608 e. The Morgan fingerprint density at radius 3 is 1.82 bits per heavy atom. The average Bonchev–Trinajstić information content (AvgIpc) is 2.64. The van der Waals surface area contributed by atoms with E-state index >= 15 is 0 Å². The van der Waals surface area contributed by atoms with Crippen molar-refractivity contribution in [2.75, 3.05) is 27.2 Å². The van der Waals surface area contributed by atoms with Gasteiger partial charge in [0.25, 0.3) is 0 Å². The Morgan fingerprint density at radius 2 is 1.32 bits per heavy atom. The first-order valence-electron chi connectivity index (χ1n) is 8.30. The second kappa shape index (κ2) is 5.53. The van der Waals surface area contributed by atoms with Crippen molar-refractivity contribution in [3.8, 4) is 0 Å². The quantitative estimate of drug-likeness (QED) is 0.839. The maximum absolute atomic E-state index is 2.65. The lowest BCUT2D eigenvalue weighted by Gasteiger charge is -2.47. The van der Waals surface area contributed by atoms with Crippen LogP contribution in [0, 0.1) is 0 Å². The van der Waals surface area contributed by atoms with E-state index in [9.17, 15) is 0 Å². The summed E-state index contributed by atoms with van der Waals surface area (Å²) in [5, 5.41) is 0. The van der Waals surface area contributed by atoms with Gasteiger partial charge in [-0.2, -0.15) is 0 Å². The van der Waals surface area contributed by atoms with E-state index in [1.54, 1.807) is 0 Å². The van der Waals surface area contributed by atoms with Crippen LogP contribution in [0.4, 0.5) is 0 Å². The topological polar surface area (TPSA) is 6.48 Å². The molecule has 0 radical (unpaired) electrons. The Hall–Kier alpha value is -1.64. The van der Waals surface area contributed by atoms with Crippen LogP contribution < -0.4 is 0 Å².